The normalized spacial score (nSPS) is 19.3. The summed E-state index contributed by atoms with van der Waals surface area (Å²) in [6.07, 6.45) is 2.40. The minimum Gasteiger partial charge on any atom is -0.383 e. The van der Waals surface area contributed by atoms with E-state index in [1.807, 2.05) is 6.07 Å². The van der Waals surface area contributed by atoms with Crippen LogP contribution in [0.4, 0.5) is 15.8 Å². The molecule has 1 aliphatic heterocycles. The van der Waals surface area contributed by atoms with Crippen LogP contribution in [0.1, 0.15) is 25.3 Å². The summed E-state index contributed by atoms with van der Waals surface area (Å²) < 4.78 is 13.4. The molecule has 3 heteroatoms. The van der Waals surface area contributed by atoms with E-state index in [1.54, 1.807) is 13.0 Å². The third kappa shape index (κ3) is 2.29. The monoisotopic (exact) mass is 222 g/mol. The maximum Gasteiger partial charge on any atom is 0.128 e. The summed E-state index contributed by atoms with van der Waals surface area (Å²) >= 11 is 0. The minimum atomic E-state index is -0.137. The van der Waals surface area contributed by atoms with Crippen molar-refractivity contribution in [2.24, 2.45) is 5.92 Å². The lowest BCUT2D eigenvalue weighted by molar-refractivity contribution is 0.531. The first-order valence-electron chi connectivity index (χ1n) is 5.98. The number of aryl methyl sites for hydroxylation is 1. The van der Waals surface area contributed by atoms with E-state index in [9.17, 15) is 4.39 Å². The van der Waals surface area contributed by atoms with Crippen molar-refractivity contribution in [3.05, 3.63) is 23.5 Å². The van der Waals surface area contributed by atoms with E-state index in [-0.39, 0.29) is 5.82 Å². The van der Waals surface area contributed by atoms with E-state index in [2.05, 4.69) is 17.6 Å². The number of nitrogens with one attached hydrogen (secondary N) is 2. The highest BCUT2D eigenvalue weighted by Crippen LogP contribution is 2.28. The van der Waals surface area contributed by atoms with Crippen LogP contribution in [0, 0.1) is 18.7 Å². The average molecular weight is 222 g/mol. The second-order valence-electron chi connectivity index (χ2n) is 4.56. The van der Waals surface area contributed by atoms with Gasteiger partial charge in [-0.3, -0.25) is 0 Å². The third-order valence-electron chi connectivity index (χ3n) is 3.16. The molecule has 0 bridgehead atoms. The maximum atomic E-state index is 13.4. The third-order valence-corrected chi connectivity index (χ3v) is 3.16. The summed E-state index contributed by atoms with van der Waals surface area (Å²) in [5.41, 5.74) is 2.61. The van der Waals surface area contributed by atoms with Gasteiger partial charge in [0.1, 0.15) is 5.82 Å². The Morgan fingerprint density at radius 1 is 1.25 bits per heavy atom. The van der Waals surface area contributed by atoms with Gasteiger partial charge in [0.15, 0.2) is 0 Å². The fourth-order valence-electron chi connectivity index (χ4n) is 2.17. The highest BCUT2D eigenvalue weighted by molar-refractivity contribution is 5.70. The lowest BCUT2D eigenvalue weighted by Crippen LogP contribution is -2.18. The predicted octanol–water partition coefficient (Wildman–Crippen LogP) is 3.39. The summed E-state index contributed by atoms with van der Waals surface area (Å²) in [7, 11) is 0. The van der Waals surface area contributed by atoms with E-state index in [4.69, 9.17) is 0 Å². The van der Waals surface area contributed by atoms with Crippen LogP contribution in [0.25, 0.3) is 0 Å². The van der Waals surface area contributed by atoms with Gasteiger partial charge in [-0.25, -0.2) is 4.39 Å². The summed E-state index contributed by atoms with van der Waals surface area (Å²) in [5, 5.41) is 6.72. The molecule has 1 aromatic rings. The molecule has 2 N–H and O–H groups in total. The van der Waals surface area contributed by atoms with Crippen molar-refractivity contribution in [2.45, 2.75) is 26.7 Å². The van der Waals surface area contributed by atoms with Crippen molar-refractivity contribution >= 4 is 11.4 Å². The van der Waals surface area contributed by atoms with Crippen LogP contribution in [0.2, 0.25) is 0 Å². The van der Waals surface area contributed by atoms with Gasteiger partial charge in [-0.15, -0.1) is 0 Å². The smallest absolute Gasteiger partial charge is 0.128 e. The van der Waals surface area contributed by atoms with E-state index in [0.29, 0.717) is 11.5 Å². The van der Waals surface area contributed by atoms with Crippen LogP contribution < -0.4 is 10.6 Å². The first kappa shape index (κ1) is 11.2. The van der Waals surface area contributed by atoms with Crippen molar-refractivity contribution in [1.82, 2.24) is 0 Å². The molecular weight excluding hydrogens is 203 g/mol. The van der Waals surface area contributed by atoms with E-state index in [1.165, 1.54) is 12.8 Å². The van der Waals surface area contributed by atoms with E-state index < -0.39 is 0 Å². The summed E-state index contributed by atoms with van der Waals surface area (Å²) in [4.78, 5) is 0. The van der Waals surface area contributed by atoms with Gasteiger partial charge in [0.05, 0.1) is 11.4 Å². The zero-order valence-electron chi connectivity index (χ0n) is 9.94. The Kier molecular flexibility index (Phi) is 3.32. The number of rotatable bonds is 2. The maximum absolute atomic E-state index is 13.4. The molecule has 1 heterocycles. The minimum absolute atomic E-state index is 0.137. The number of anilines is 2. The van der Waals surface area contributed by atoms with Gasteiger partial charge in [0.2, 0.25) is 0 Å². The summed E-state index contributed by atoms with van der Waals surface area (Å²) in [6, 6.07) is 3.47. The Hall–Kier alpha value is -1.25. The first-order chi connectivity index (χ1) is 7.70. The Bertz CT molecular complexity index is 343. The molecule has 1 aliphatic rings. The van der Waals surface area contributed by atoms with Gasteiger partial charge in [0, 0.05) is 13.1 Å². The molecule has 0 saturated carbocycles. The molecule has 2 nitrogen and oxygen atoms in total. The Labute approximate surface area is 96.2 Å². The molecule has 0 fully saturated rings. The quantitative estimate of drug-likeness (QED) is 0.801. The first-order valence-corrected chi connectivity index (χ1v) is 5.98. The van der Waals surface area contributed by atoms with Crippen LogP contribution in [-0.2, 0) is 0 Å². The lowest BCUT2D eigenvalue weighted by Gasteiger charge is -2.12. The Morgan fingerprint density at radius 3 is 2.50 bits per heavy atom. The van der Waals surface area contributed by atoms with Crippen molar-refractivity contribution in [2.75, 3.05) is 23.7 Å². The van der Waals surface area contributed by atoms with Gasteiger partial charge < -0.3 is 10.6 Å². The highest BCUT2D eigenvalue weighted by atomic mass is 19.1. The van der Waals surface area contributed by atoms with Crippen LogP contribution in [0.15, 0.2) is 12.1 Å². The molecule has 88 valence electrons. The van der Waals surface area contributed by atoms with Crippen molar-refractivity contribution < 1.29 is 4.39 Å². The summed E-state index contributed by atoms with van der Waals surface area (Å²) in [5.74, 6) is 0.489. The fourth-order valence-corrected chi connectivity index (χ4v) is 2.17. The number of benzene rings is 1. The molecular formula is C13H19FN2. The standard InChI is InChI=1S/C13H19FN2/c1-3-4-10-7-15-12-5-9(2)11(14)6-13(12)16-8-10/h5-6,10,15-16H,3-4,7-8H2,1-2H3. The molecule has 1 atom stereocenters. The molecule has 16 heavy (non-hydrogen) atoms. The largest absolute Gasteiger partial charge is 0.383 e. The second-order valence-corrected chi connectivity index (χ2v) is 4.56. The zero-order valence-corrected chi connectivity index (χ0v) is 9.94. The Balaban J connectivity index is 2.17. The molecule has 1 unspecified atom stereocenters. The average Bonchev–Trinajstić information content (AvgIpc) is 2.44. The number of halogens is 1. The van der Waals surface area contributed by atoms with Crippen LogP contribution >= 0.6 is 0 Å². The van der Waals surface area contributed by atoms with Gasteiger partial charge in [0.25, 0.3) is 0 Å². The second kappa shape index (κ2) is 4.73. The molecule has 1 aromatic carbocycles. The number of fused-ring (bicyclic) bond motifs is 1. The highest BCUT2D eigenvalue weighted by Gasteiger charge is 2.15. The molecule has 0 saturated heterocycles. The van der Waals surface area contributed by atoms with Crippen LogP contribution in [0.3, 0.4) is 0 Å². The number of hydrogen-bond donors (Lipinski definition) is 2. The lowest BCUT2D eigenvalue weighted by atomic mass is 10.0. The molecule has 0 aromatic heterocycles. The van der Waals surface area contributed by atoms with Crippen molar-refractivity contribution in [3.63, 3.8) is 0 Å². The van der Waals surface area contributed by atoms with Gasteiger partial charge in [-0.2, -0.15) is 0 Å². The van der Waals surface area contributed by atoms with Crippen LogP contribution in [0.5, 0.6) is 0 Å². The fraction of sp³-hybridized carbons (Fsp3) is 0.538. The SMILES string of the molecule is CCCC1CNc2cc(C)c(F)cc2NC1. The topological polar surface area (TPSA) is 24.1 Å². The summed E-state index contributed by atoms with van der Waals surface area (Å²) in [6.45, 7) is 5.89. The van der Waals surface area contributed by atoms with E-state index >= 15 is 0 Å². The van der Waals surface area contributed by atoms with E-state index in [0.717, 1.165) is 24.5 Å². The number of hydrogen-bond acceptors (Lipinski definition) is 2. The van der Waals surface area contributed by atoms with Gasteiger partial charge in [-0.05, 0) is 37.0 Å². The molecule has 0 radical (unpaired) electrons. The predicted molar refractivity (Wildman–Crippen MR) is 66.5 cm³/mol. The molecule has 2 rings (SSSR count). The molecule has 0 amide bonds. The van der Waals surface area contributed by atoms with Crippen LogP contribution in [-0.4, -0.2) is 13.1 Å². The van der Waals surface area contributed by atoms with Crippen molar-refractivity contribution in [1.29, 1.82) is 0 Å². The molecule has 0 aliphatic carbocycles. The zero-order chi connectivity index (χ0) is 11.5. The van der Waals surface area contributed by atoms with Gasteiger partial charge >= 0.3 is 0 Å². The van der Waals surface area contributed by atoms with Crippen molar-refractivity contribution in [3.8, 4) is 0 Å². The molecule has 0 spiro atoms. The Morgan fingerprint density at radius 2 is 1.88 bits per heavy atom. The van der Waals surface area contributed by atoms with Gasteiger partial charge in [-0.1, -0.05) is 13.3 Å².